The van der Waals surface area contributed by atoms with E-state index in [2.05, 4.69) is 81.4 Å². The molecule has 15 heteroatoms. The third kappa shape index (κ3) is 16.7. The summed E-state index contributed by atoms with van der Waals surface area (Å²) in [5.74, 6) is -1.69. The van der Waals surface area contributed by atoms with Crippen molar-refractivity contribution < 1.29 is 66.1 Å². The molecule has 0 unspecified atom stereocenters. The number of carbonyl (C=O) groups is 2. The molecule has 3 heterocycles. The molecule has 0 N–H and O–H groups in total. The molecule has 0 bridgehead atoms. The molecule has 4 aliphatic rings. The summed E-state index contributed by atoms with van der Waals surface area (Å²) in [7, 11) is -2.12. The number of rotatable bonds is 28. The largest absolute Gasteiger partial charge is 0.469 e. The molecule has 87 heavy (non-hydrogen) atoms. The second kappa shape index (κ2) is 31.5. The van der Waals surface area contributed by atoms with Gasteiger partial charge in [0.25, 0.3) is 8.32 Å². The Morgan fingerprint density at radius 2 is 1.08 bits per heavy atom. The lowest BCUT2D eigenvalue weighted by atomic mass is 9.90. The summed E-state index contributed by atoms with van der Waals surface area (Å²) in [6, 6.07) is 60.2. The van der Waals surface area contributed by atoms with E-state index in [1.54, 1.807) is 12.1 Å². The van der Waals surface area contributed by atoms with Crippen LogP contribution >= 0.6 is 0 Å². The van der Waals surface area contributed by atoms with Crippen LogP contribution in [0, 0.1) is 0 Å². The third-order valence-electron chi connectivity index (χ3n) is 17.2. The number of esters is 2. The van der Waals surface area contributed by atoms with Gasteiger partial charge in [-0.05, 0) is 69.9 Å². The van der Waals surface area contributed by atoms with E-state index in [-0.39, 0.29) is 32.4 Å². The molecule has 1 saturated carbocycles. The van der Waals surface area contributed by atoms with Crippen LogP contribution < -0.4 is 10.4 Å². The zero-order valence-electron chi connectivity index (χ0n) is 51.0. The molecule has 6 aromatic carbocycles. The van der Waals surface area contributed by atoms with Crippen molar-refractivity contribution in [2.24, 2.45) is 0 Å². The van der Waals surface area contributed by atoms with Crippen molar-refractivity contribution in [2.75, 3.05) is 26.9 Å². The lowest BCUT2D eigenvalue weighted by molar-refractivity contribution is -0.415. The summed E-state index contributed by atoms with van der Waals surface area (Å²) < 4.78 is 84.8. The number of unbranched alkanes of at least 4 members (excludes halogenated alkanes) is 5. The summed E-state index contributed by atoms with van der Waals surface area (Å²) in [6.07, 6.45) is 0.146. The first kappa shape index (κ1) is 64.1. The van der Waals surface area contributed by atoms with E-state index in [9.17, 15) is 9.59 Å². The molecule has 14 nitrogen and oxygen atoms in total. The van der Waals surface area contributed by atoms with Crippen molar-refractivity contribution in [3.05, 3.63) is 204 Å². The maximum atomic E-state index is 14.8. The standard InChI is InChI=1S/C72H88O14Si/c1-71(2,3)87(57-40-24-13-25-41-57,58-42-26-14-27-43-58)86-67-64(79-50-55-36-20-11-21-37-55)62(78-49-54-34-18-10-19-35-54)59(51-76-48-53-32-16-9-17-33-53)82-70(67)84-65-63-60(52-80-72(85-63)45-29-15-30-46-72)81-69(66(65)83-68(74)56-38-22-12-23-39-56)77-47-31-8-6-5-7-28-44-61(73)75-4/h9-14,16-27,32-43,59-60,62-67,69-70H,5-8,15,28-31,44-52H2,1-4H3/t59-,60-,62-,63-,64+,65+,66+,67+,69-,70+/m1/s1. The minimum atomic E-state index is -3.55. The summed E-state index contributed by atoms with van der Waals surface area (Å²) in [5.41, 5.74) is 3.28. The van der Waals surface area contributed by atoms with Gasteiger partial charge < -0.3 is 56.5 Å². The van der Waals surface area contributed by atoms with Gasteiger partial charge in [-0.3, -0.25) is 4.79 Å². The minimum absolute atomic E-state index is 0.0854. The Morgan fingerprint density at radius 1 is 0.552 bits per heavy atom. The van der Waals surface area contributed by atoms with Gasteiger partial charge in [0, 0.05) is 25.9 Å². The number of methoxy groups -OCH3 is 1. The smallest absolute Gasteiger partial charge is 0.338 e. The van der Waals surface area contributed by atoms with Crippen molar-refractivity contribution in [1.29, 1.82) is 0 Å². The molecule has 1 aliphatic carbocycles. The number of ether oxygens (including phenoxy) is 11. The molecule has 3 aliphatic heterocycles. The van der Waals surface area contributed by atoms with Crippen LogP contribution in [0.4, 0.5) is 0 Å². The van der Waals surface area contributed by atoms with Gasteiger partial charge in [-0.25, -0.2) is 4.79 Å². The maximum absolute atomic E-state index is 14.8. The van der Waals surface area contributed by atoms with E-state index in [4.69, 9.17) is 56.5 Å². The third-order valence-corrected chi connectivity index (χ3v) is 22.2. The summed E-state index contributed by atoms with van der Waals surface area (Å²) in [6.45, 7) is 8.06. The average molecular weight is 1210 g/mol. The van der Waals surface area contributed by atoms with Crippen LogP contribution in [0.1, 0.15) is 125 Å². The summed E-state index contributed by atoms with van der Waals surface area (Å²) >= 11 is 0. The van der Waals surface area contributed by atoms with Gasteiger partial charge >= 0.3 is 11.9 Å². The fourth-order valence-electron chi connectivity index (χ4n) is 12.7. The fraction of sp³-hybridized carbons (Fsp3) is 0.472. The van der Waals surface area contributed by atoms with Gasteiger partial charge in [0.2, 0.25) is 0 Å². The van der Waals surface area contributed by atoms with Crippen molar-refractivity contribution in [1.82, 2.24) is 0 Å². The number of hydrogen-bond acceptors (Lipinski definition) is 14. The van der Waals surface area contributed by atoms with Crippen LogP contribution in [0.25, 0.3) is 0 Å². The van der Waals surface area contributed by atoms with Crippen molar-refractivity contribution >= 4 is 30.6 Å². The van der Waals surface area contributed by atoms with Gasteiger partial charge in [-0.15, -0.1) is 0 Å². The molecule has 4 fully saturated rings. The van der Waals surface area contributed by atoms with Crippen LogP contribution in [0.2, 0.25) is 5.04 Å². The van der Waals surface area contributed by atoms with Gasteiger partial charge in [0.15, 0.2) is 24.5 Å². The SMILES string of the molecule is COC(=O)CCCCCCCCO[C@@H]1O[C@@H]2COC3(CCCCC3)O[C@H]2[C@H](O[C@@H]2O[C@H](COCc3ccccc3)[C@@H](OCc3ccccc3)[C@H](OCc3ccccc3)[C@@H]2O[Si](c2ccccc2)(c2ccccc2)C(C)(C)C)[C@@H]1OC(=O)c1ccccc1. The van der Waals surface area contributed by atoms with Crippen LogP contribution in [-0.4, -0.2) is 114 Å². The molecule has 0 aromatic heterocycles. The van der Waals surface area contributed by atoms with E-state index in [0.29, 0.717) is 44.5 Å². The molecule has 0 amide bonds. The predicted octanol–water partition coefficient (Wildman–Crippen LogP) is 12.4. The second-order valence-electron chi connectivity index (χ2n) is 24.4. The molecule has 3 saturated heterocycles. The van der Waals surface area contributed by atoms with Crippen molar-refractivity contribution in [2.45, 2.75) is 190 Å². The number of carbonyl (C=O) groups excluding carboxylic acids is 2. The highest BCUT2D eigenvalue weighted by molar-refractivity contribution is 6.99. The Hall–Kier alpha value is -5.92. The van der Waals surface area contributed by atoms with E-state index in [0.717, 1.165) is 78.4 Å². The van der Waals surface area contributed by atoms with Crippen LogP contribution in [0.5, 0.6) is 0 Å². The van der Waals surface area contributed by atoms with Gasteiger partial charge in [0.05, 0.1) is 45.7 Å². The predicted molar refractivity (Wildman–Crippen MR) is 333 cm³/mol. The number of hydrogen-bond donors (Lipinski definition) is 0. The highest BCUT2D eigenvalue weighted by Gasteiger charge is 2.61. The lowest BCUT2D eigenvalue weighted by Crippen LogP contribution is -2.73. The Morgan fingerprint density at radius 3 is 1.66 bits per heavy atom. The fourth-order valence-corrected chi connectivity index (χ4v) is 17.3. The molecule has 10 rings (SSSR count). The van der Waals surface area contributed by atoms with Crippen LogP contribution in [0.3, 0.4) is 0 Å². The van der Waals surface area contributed by atoms with E-state index in [1.807, 2.05) is 109 Å². The molecular weight excluding hydrogens is 1120 g/mol. The maximum Gasteiger partial charge on any atom is 0.338 e. The summed E-state index contributed by atoms with van der Waals surface area (Å²) in [5, 5.41) is 1.57. The quantitative estimate of drug-likeness (QED) is 0.0261. The molecule has 0 radical (unpaired) electrons. The molecule has 1 spiro atoms. The highest BCUT2D eigenvalue weighted by atomic mass is 28.4. The number of benzene rings is 6. The molecule has 6 aromatic rings. The van der Waals surface area contributed by atoms with Crippen LogP contribution in [-0.2, 0) is 81.1 Å². The average Bonchev–Trinajstić information content (AvgIpc) is 1.49. The zero-order chi connectivity index (χ0) is 60.3. The van der Waals surface area contributed by atoms with Crippen molar-refractivity contribution in [3.63, 3.8) is 0 Å². The van der Waals surface area contributed by atoms with Gasteiger partial charge in [-0.2, -0.15) is 0 Å². The zero-order valence-corrected chi connectivity index (χ0v) is 52.0. The second-order valence-corrected chi connectivity index (χ2v) is 28.6. The monoisotopic (exact) mass is 1200 g/mol. The van der Waals surface area contributed by atoms with Gasteiger partial charge in [0.1, 0.15) is 42.7 Å². The van der Waals surface area contributed by atoms with Crippen molar-refractivity contribution in [3.8, 4) is 0 Å². The minimum Gasteiger partial charge on any atom is -0.469 e. The topological polar surface area (TPSA) is 145 Å². The normalized spacial score (nSPS) is 24.6. The molecular formula is C72H88O14Si. The lowest BCUT2D eigenvalue weighted by Gasteiger charge is -2.55. The number of fused-ring (bicyclic) bond motifs is 1. The first-order valence-electron chi connectivity index (χ1n) is 31.5. The first-order chi connectivity index (χ1) is 42.5. The van der Waals surface area contributed by atoms with E-state index >= 15 is 0 Å². The highest BCUT2D eigenvalue weighted by Crippen LogP contribution is 2.46. The molecule has 464 valence electrons. The van der Waals surface area contributed by atoms with E-state index in [1.165, 1.54) is 7.11 Å². The Kier molecular flexibility index (Phi) is 23.2. The Balaban J connectivity index is 1.10. The van der Waals surface area contributed by atoms with Crippen LogP contribution in [0.15, 0.2) is 182 Å². The molecule has 10 atom stereocenters. The van der Waals surface area contributed by atoms with Gasteiger partial charge in [-0.1, -0.05) is 223 Å². The summed E-state index contributed by atoms with van der Waals surface area (Å²) in [4.78, 5) is 26.6. The Bertz CT molecular complexity index is 2930. The first-order valence-corrected chi connectivity index (χ1v) is 33.4. The Labute approximate surface area is 515 Å². The van der Waals surface area contributed by atoms with E-state index < -0.39 is 86.5 Å².